The Morgan fingerprint density at radius 1 is 1.06 bits per heavy atom. The zero-order chi connectivity index (χ0) is 23.6. The predicted molar refractivity (Wildman–Crippen MR) is 121 cm³/mol. The lowest BCUT2D eigenvalue weighted by Gasteiger charge is -2.37. The highest BCUT2D eigenvalue weighted by atomic mass is 16.5. The van der Waals surface area contributed by atoms with Crippen LogP contribution in [0.1, 0.15) is 26.2 Å². The molecule has 0 bridgehead atoms. The zero-order valence-corrected chi connectivity index (χ0v) is 20.0. The summed E-state index contributed by atoms with van der Waals surface area (Å²) in [7, 11) is 1.62. The number of hydrogen-bond donors (Lipinski definition) is 1. The first kappa shape index (κ1) is 25.6. The van der Waals surface area contributed by atoms with Crippen LogP contribution in [-0.4, -0.2) is 118 Å². The summed E-state index contributed by atoms with van der Waals surface area (Å²) < 4.78 is 15.9. The number of amides is 3. The van der Waals surface area contributed by atoms with Crippen LogP contribution in [0, 0.1) is 5.92 Å². The van der Waals surface area contributed by atoms with Gasteiger partial charge in [-0.1, -0.05) is 0 Å². The van der Waals surface area contributed by atoms with E-state index < -0.39 is 5.92 Å². The van der Waals surface area contributed by atoms with Crippen molar-refractivity contribution in [3.8, 4) is 0 Å². The third kappa shape index (κ3) is 7.23. The molecule has 10 nitrogen and oxygen atoms in total. The molecule has 1 N–H and O–H groups in total. The van der Waals surface area contributed by atoms with Crippen LogP contribution in [-0.2, 0) is 28.6 Å². The van der Waals surface area contributed by atoms with Crippen LogP contribution < -0.4 is 5.32 Å². The van der Waals surface area contributed by atoms with Gasteiger partial charge in [-0.3, -0.25) is 19.3 Å². The molecule has 1 unspecified atom stereocenters. The SMILES string of the molecule is COCCCN1C(=O)C(CC(=O)NCCN2CCOCC2)CC(C(=O)N2CCOCC2)=C1C. The Morgan fingerprint density at radius 3 is 2.39 bits per heavy atom. The Balaban J connectivity index is 1.62. The Kier molecular flexibility index (Phi) is 10.1. The molecule has 0 aromatic rings. The Labute approximate surface area is 196 Å². The summed E-state index contributed by atoms with van der Waals surface area (Å²) in [5.74, 6) is -0.848. The number of morpholine rings is 2. The van der Waals surface area contributed by atoms with Crippen molar-refractivity contribution in [1.82, 2.24) is 20.0 Å². The number of methoxy groups -OCH3 is 1. The van der Waals surface area contributed by atoms with Gasteiger partial charge in [0.1, 0.15) is 0 Å². The van der Waals surface area contributed by atoms with Gasteiger partial charge in [0.05, 0.1) is 32.3 Å². The van der Waals surface area contributed by atoms with Crippen molar-refractivity contribution >= 4 is 17.7 Å². The fourth-order valence-electron chi connectivity index (χ4n) is 4.51. The van der Waals surface area contributed by atoms with Gasteiger partial charge in [-0.05, 0) is 19.8 Å². The molecule has 0 saturated carbocycles. The quantitative estimate of drug-likeness (QED) is 0.447. The maximum atomic E-state index is 13.3. The van der Waals surface area contributed by atoms with Gasteiger partial charge < -0.3 is 29.3 Å². The number of nitrogens with one attached hydrogen (secondary N) is 1. The molecule has 3 aliphatic rings. The van der Waals surface area contributed by atoms with Gasteiger partial charge in [0.2, 0.25) is 11.8 Å². The Hall–Kier alpha value is -2.01. The van der Waals surface area contributed by atoms with Gasteiger partial charge in [0, 0.05) is 77.2 Å². The van der Waals surface area contributed by atoms with Gasteiger partial charge in [-0.2, -0.15) is 0 Å². The molecule has 0 radical (unpaired) electrons. The molecule has 3 rings (SSSR count). The molecular weight excluding hydrogens is 428 g/mol. The van der Waals surface area contributed by atoms with E-state index >= 15 is 0 Å². The number of ether oxygens (including phenoxy) is 3. The van der Waals surface area contributed by atoms with E-state index in [0.717, 1.165) is 32.8 Å². The molecule has 0 aliphatic carbocycles. The van der Waals surface area contributed by atoms with E-state index in [4.69, 9.17) is 14.2 Å². The molecule has 186 valence electrons. The second-order valence-corrected chi connectivity index (χ2v) is 8.71. The molecule has 2 fully saturated rings. The minimum atomic E-state index is -0.542. The number of hydrogen-bond acceptors (Lipinski definition) is 7. The molecule has 0 spiro atoms. The molecule has 33 heavy (non-hydrogen) atoms. The maximum absolute atomic E-state index is 13.3. The lowest BCUT2D eigenvalue weighted by atomic mass is 9.88. The van der Waals surface area contributed by atoms with Crippen molar-refractivity contribution in [1.29, 1.82) is 0 Å². The Bertz CT molecular complexity index is 716. The van der Waals surface area contributed by atoms with Crippen LogP contribution in [0.4, 0.5) is 0 Å². The maximum Gasteiger partial charge on any atom is 0.251 e. The van der Waals surface area contributed by atoms with Crippen molar-refractivity contribution < 1.29 is 28.6 Å². The van der Waals surface area contributed by atoms with E-state index in [2.05, 4.69) is 10.2 Å². The zero-order valence-electron chi connectivity index (χ0n) is 20.0. The topological polar surface area (TPSA) is 101 Å². The summed E-state index contributed by atoms with van der Waals surface area (Å²) in [5.41, 5.74) is 1.32. The fourth-order valence-corrected chi connectivity index (χ4v) is 4.51. The second kappa shape index (κ2) is 13.0. The van der Waals surface area contributed by atoms with Gasteiger partial charge in [0.15, 0.2) is 0 Å². The van der Waals surface area contributed by atoms with Crippen LogP contribution in [0.3, 0.4) is 0 Å². The molecule has 3 heterocycles. The summed E-state index contributed by atoms with van der Waals surface area (Å²) in [5, 5.41) is 2.94. The van der Waals surface area contributed by atoms with Gasteiger partial charge in [-0.25, -0.2) is 0 Å². The van der Waals surface area contributed by atoms with Crippen LogP contribution in [0.2, 0.25) is 0 Å². The van der Waals surface area contributed by atoms with E-state index in [1.54, 1.807) is 16.9 Å². The molecular formula is C23H38N4O6. The average molecular weight is 467 g/mol. The highest BCUT2D eigenvalue weighted by molar-refractivity contribution is 5.98. The summed E-state index contributed by atoms with van der Waals surface area (Å²) in [6.07, 6.45) is 1.03. The summed E-state index contributed by atoms with van der Waals surface area (Å²) in [6.45, 7) is 9.40. The summed E-state index contributed by atoms with van der Waals surface area (Å²) >= 11 is 0. The first-order valence-corrected chi connectivity index (χ1v) is 11.9. The van der Waals surface area contributed by atoms with Gasteiger partial charge in [-0.15, -0.1) is 0 Å². The van der Waals surface area contributed by atoms with E-state index in [9.17, 15) is 14.4 Å². The van der Waals surface area contributed by atoms with E-state index in [1.165, 1.54) is 0 Å². The average Bonchev–Trinajstić information content (AvgIpc) is 2.84. The molecule has 3 amide bonds. The molecule has 0 aromatic heterocycles. The predicted octanol–water partition coefficient (Wildman–Crippen LogP) is -0.157. The normalized spacial score (nSPS) is 22.6. The van der Waals surface area contributed by atoms with Crippen molar-refractivity contribution in [2.24, 2.45) is 5.92 Å². The fraction of sp³-hybridized carbons (Fsp3) is 0.783. The molecule has 0 aromatic carbocycles. The lowest BCUT2D eigenvalue weighted by Crippen LogP contribution is -2.47. The van der Waals surface area contributed by atoms with Crippen molar-refractivity contribution in [2.75, 3.05) is 86.0 Å². The van der Waals surface area contributed by atoms with Crippen molar-refractivity contribution in [3.05, 3.63) is 11.3 Å². The van der Waals surface area contributed by atoms with E-state index in [1.807, 2.05) is 6.92 Å². The smallest absolute Gasteiger partial charge is 0.251 e. The van der Waals surface area contributed by atoms with Crippen LogP contribution in [0.15, 0.2) is 11.3 Å². The van der Waals surface area contributed by atoms with E-state index in [0.29, 0.717) is 70.1 Å². The standard InChI is InChI=1S/C23H38N4O6/c1-18-20(23(30)26-9-14-33-15-10-26)16-19(22(29)27(18)5-3-11-31-2)17-21(28)24-4-6-25-7-12-32-13-8-25/h19H,3-17H2,1-2H3,(H,24,28). The van der Waals surface area contributed by atoms with Crippen molar-refractivity contribution in [2.45, 2.75) is 26.2 Å². The van der Waals surface area contributed by atoms with Crippen LogP contribution >= 0.6 is 0 Å². The first-order chi connectivity index (χ1) is 16.0. The minimum Gasteiger partial charge on any atom is -0.385 e. The number of allylic oxidation sites excluding steroid dienone is 1. The van der Waals surface area contributed by atoms with Crippen LogP contribution in [0.25, 0.3) is 0 Å². The van der Waals surface area contributed by atoms with Crippen LogP contribution in [0.5, 0.6) is 0 Å². The molecule has 2 saturated heterocycles. The van der Waals surface area contributed by atoms with Gasteiger partial charge >= 0.3 is 0 Å². The highest BCUT2D eigenvalue weighted by Gasteiger charge is 2.37. The number of carbonyl (C=O) groups excluding carboxylic acids is 3. The third-order valence-corrected chi connectivity index (χ3v) is 6.48. The monoisotopic (exact) mass is 466 g/mol. The number of carbonyl (C=O) groups is 3. The minimum absolute atomic E-state index is 0.0576. The summed E-state index contributed by atoms with van der Waals surface area (Å²) in [4.78, 5) is 44.8. The molecule has 10 heteroatoms. The van der Waals surface area contributed by atoms with E-state index in [-0.39, 0.29) is 24.1 Å². The molecule has 3 aliphatic heterocycles. The largest absolute Gasteiger partial charge is 0.385 e. The number of nitrogens with zero attached hydrogens (tertiary/aromatic N) is 3. The number of rotatable bonds is 10. The first-order valence-electron chi connectivity index (χ1n) is 11.9. The van der Waals surface area contributed by atoms with Gasteiger partial charge in [0.25, 0.3) is 5.91 Å². The van der Waals surface area contributed by atoms with Crippen molar-refractivity contribution in [3.63, 3.8) is 0 Å². The second-order valence-electron chi connectivity index (χ2n) is 8.71. The third-order valence-electron chi connectivity index (χ3n) is 6.48. The Morgan fingerprint density at radius 2 is 1.73 bits per heavy atom. The highest BCUT2D eigenvalue weighted by Crippen LogP contribution is 2.31. The lowest BCUT2D eigenvalue weighted by molar-refractivity contribution is -0.139. The molecule has 1 atom stereocenters. The summed E-state index contributed by atoms with van der Waals surface area (Å²) in [6, 6.07) is 0.